The van der Waals surface area contributed by atoms with E-state index in [0.29, 0.717) is 6.54 Å². The molecule has 6 heteroatoms. The molecule has 1 amide bonds. The lowest BCUT2D eigenvalue weighted by Crippen LogP contribution is -2.39. The molecule has 1 aliphatic rings. The highest BCUT2D eigenvalue weighted by atomic mass is 16.2. The van der Waals surface area contributed by atoms with Gasteiger partial charge in [0.05, 0.1) is 5.56 Å². The number of aryl methyl sites for hydroxylation is 2. The molecule has 29 heavy (non-hydrogen) atoms. The number of fused-ring (bicyclic) bond motifs is 2. The number of aromatic nitrogens is 4. The van der Waals surface area contributed by atoms with Crippen LogP contribution in [0.5, 0.6) is 0 Å². The third-order valence-corrected chi connectivity index (χ3v) is 6.28. The van der Waals surface area contributed by atoms with Crippen molar-refractivity contribution in [2.45, 2.75) is 32.6 Å². The summed E-state index contributed by atoms with van der Waals surface area (Å²) in [4.78, 5) is 15.6. The number of pyridine rings is 1. The van der Waals surface area contributed by atoms with E-state index in [4.69, 9.17) is 0 Å². The predicted octanol–water partition coefficient (Wildman–Crippen LogP) is 3.86. The Labute approximate surface area is 169 Å². The number of hydrogen-bond acceptors (Lipinski definition) is 3. The summed E-state index contributed by atoms with van der Waals surface area (Å²) in [5, 5.41) is 9.78. The fourth-order valence-corrected chi connectivity index (χ4v) is 4.62. The largest absolute Gasteiger partial charge is 0.347 e. The average Bonchev–Trinajstić information content (AvgIpc) is 3.27. The van der Waals surface area contributed by atoms with Crippen LogP contribution in [0.4, 0.5) is 0 Å². The summed E-state index contributed by atoms with van der Waals surface area (Å²) in [6.07, 6.45) is 4.00. The molecule has 0 N–H and O–H groups in total. The van der Waals surface area contributed by atoms with E-state index in [2.05, 4.69) is 39.9 Å². The molecular formula is C23H25N5O. The summed E-state index contributed by atoms with van der Waals surface area (Å²) >= 11 is 0. The molecule has 1 aromatic carbocycles. The van der Waals surface area contributed by atoms with Gasteiger partial charge in [-0.25, -0.2) is 0 Å². The Bertz CT molecular complexity index is 1240. The average molecular weight is 387 g/mol. The highest BCUT2D eigenvalue weighted by Crippen LogP contribution is 2.31. The maximum atomic E-state index is 13.6. The number of benzene rings is 1. The summed E-state index contributed by atoms with van der Waals surface area (Å²) in [7, 11) is 2.03. The molecule has 148 valence electrons. The van der Waals surface area contributed by atoms with E-state index in [9.17, 15) is 4.79 Å². The number of hydrogen-bond donors (Lipinski definition) is 0. The number of piperidine rings is 1. The Kier molecular flexibility index (Phi) is 4.15. The van der Waals surface area contributed by atoms with Gasteiger partial charge in [0.2, 0.25) is 0 Å². The Morgan fingerprint density at radius 2 is 2.00 bits per heavy atom. The van der Waals surface area contributed by atoms with Gasteiger partial charge in [-0.2, -0.15) is 0 Å². The Morgan fingerprint density at radius 3 is 2.86 bits per heavy atom. The van der Waals surface area contributed by atoms with Crippen molar-refractivity contribution in [2.75, 3.05) is 13.1 Å². The van der Waals surface area contributed by atoms with Crippen LogP contribution in [0.3, 0.4) is 0 Å². The first-order chi connectivity index (χ1) is 14.0. The zero-order valence-electron chi connectivity index (χ0n) is 17.1. The quantitative estimate of drug-likeness (QED) is 0.525. The summed E-state index contributed by atoms with van der Waals surface area (Å²) < 4.78 is 4.17. The summed E-state index contributed by atoms with van der Waals surface area (Å²) in [6.45, 7) is 5.57. The van der Waals surface area contributed by atoms with Crippen molar-refractivity contribution in [1.29, 1.82) is 0 Å². The second-order valence-electron chi connectivity index (χ2n) is 8.12. The predicted molar refractivity (Wildman–Crippen MR) is 113 cm³/mol. The Morgan fingerprint density at radius 1 is 1.14 bits per heavy atom. The smallest absolute Gasteiger partial charge is 0.256 e. The first-order valence-corrected chi connectivity index (χ1v) is 10.2. The molecule has 5 rings (SSSR count). The van der Waals surface area contributed by atoms with Crippen LogP contribution in [0.2, 0.25) is 0 Å². The second kappa shape index (κ2) is 6.72. The van der Waals surface area contributed by atoms with Gasteiger partial charge in [-0.1, -0.05) is 17.7 Å². The van der Waals surface area contributed by atoms with Crippen LogP contribution >= 0.6 is 0 Å². The minimum atomic E-state index is 0.122. The van der Waals surface area contributed by atoms with Gasteiger partial charge in [-0.15, -0.1) is 10.2 Å². The molecule has 0 radical (unpaired) electrons. The van der Waals surface area contributed by atoms with Crippen molar-refractivity contribution < 1.29 is 4.79 Å². The SMILES string of the molecule is Cc1ccc2c(c1)c(C(=O)N1CCCC(c3nnc4ccccn34)C1)c(C)n2C. The molecule has 4 heterocycles. The zero-order chi connectivity index (χ0) is 20.1. The van der Waals surface area contributed by atoms with Crippen LogP contribution < -0.4 is 0 Å². The lowest BCUT2D eigenvalue weighted by Gasteiger charge is -2.32. The second-order valence-corrected chi connectivity index (χ2v) is 8.12. The minimum Gasteiger partial charge on any atom is -0.347 e. The number of carbonyl (C=O) groups excluding carboxylic acids is 1. The van der Waals surface area contributed by atoms with E-state index in [-0.39, 0.29) is 11.8 Å². The number of nitrogens with zero attached hydrogens (tertiary/aromatic N) is 5. The maximum absolute atomic E-state index is 13.6. The summed E-state index contributed by atoms with van der Waals surface area (Å²) in [6, 6.07) is 12.3. The first-order valence-electron chi connectivity index (χ1n) is 10.2. The number of amides is 1. The number of rotatable bonds is 2. The zero-order valence-corrected chi connectivity index (χ0v) is 17.1. The molecule has 1 unspecified atom stereocenters. The molecule has 1 aliphatic heterocycles. The van der Waals surface area contributed by atoms with Crippen LogP contribution in [-0.2, 0) is 7.05 Å². The normalized spacial score (nSPS) is 17.3. The summed E-state index contributed by atoms with van der Waals surface area (Å²) in [5.74, 6) is 1.27. The molecule has 0 aliphatic carbocycles. The lowest BCUT2D eigenvalue weighted by atomic mass is 9.96. The molecule has 1 fully saturated rings. The van der Waals surface area contributed by atoms with Crippen molar-refractivity contribution in [3.8, 4) is 0 Å². The van der Waals surface area contributed by atoms with Crippen LogP contribution in [0, 0.1) is 13.8 Å². The fourth-order valence-electron chi connectivity index (χ4n) is 4.62. The van der Waals surface area contributed by atoms with Gasteiger partial charge in [0.15, 0.2) is 5.65 Å². The number of likely N-dealkylation sites (tertiary alicyclic amines) is 1. The van der Waals surface area contributed by atoms with Gasteiger partial charge in [-0.3, -0.25) is 9.20 Å². The highest BCUT2D eigenvalue weighted by Gasteiger charge is 2.30. The molecular weight excluding hydrogens is 362 g/mol. The van der Waals surface area contributed by atoms with Crippen molar-refractivity contribution in [3.05, 3.63) is 65.2 Å². The van der Waals surface area contributed by atoms with Gasteiger partial charge >= 0.3 is 0 Å². The van der Waals surface area contributed by atoms with Crippen molar-refractivity contribution >= 4 is 22.5 Å². The van der Waals surface area contributed by atoms with Gasteiger partial charge in [0.1, 0.15) is 5.82 Å². The van der Waals surface area contributed by atoms with Gasteiger partial charge < -0.3 is 9.47 Å². The summed E-state index contributed by atoms with van der Waals surface area (Å²) in [5.41, 5.74) is 4.98. The minimum absolute atomic E-state index is 0.122. The maximum Gasteiger partial charge on any atom is 0.256 e. The van der Waals surface area contributed by atoms with E-state index in [0.717, 1.165) is 53.0 Å². The molecule has 0 bridgehead atoms. The topological polar surface area (TPSA) is 55.4 Å². The monoisotopic (exact) mass is 387 g/mol. The van der Waals surface area contributed by atoms with Crippen molar-refractivity contribution in [2.24, 2.45) is 7.05 Å². The lowest BCUT2D eigenvalue weighted by molar-refractivity contribution is 0.0705. The van der Waals surface area contributed by atoms with Gasteiger partial charge in [0.25, 0.3) is 5.91 Å². The first kappa shape index (κ1) is 17.9. The van der Waals surface area contributed by atoms with E-state index < -0.39 is 0 Å². The molecule has 1 saturated heterocycles. The van der Waals surface area contributed by atoms with E-state index >= 15 is 0 Å². The Hall–Kier alpha value is -3.15. The molecule has 0 saturated carbocycles. The van der Waals surface area contributed by atoms with E-state index in [1.165, 1.54) is 5.56 Å². The van der Waals surface area contributed by atoms with E-state index in [1.54, 1.807) is 0 Å². The van der Waals surface area contributed by atoms with E-state index in [1.807, 2.05) is 47.7 Å². The van der Waals surface area contributed by atoms with Gasteiger partial charge in [0, 0.05) is 48.8 Å². The standard InChI is InChI=1S/C23H25N5O/c1-15-9-10-19-18(13-15)21(16(2)26(19)3)23(29)27-11-6-7-17(14-27)22-25-24-20-8-4-5-12-28(20)22/h4-5,8-10,12-13,17H,6-7,11,14H2,1-3H3. The number of carbonyl (C=O) groups is 1. The highest BCUT2D eigenvalue weighted by molar-refractivity contribution is 6.08. The molecule has 6 nitrogen and oxygen atoms in total. The van der Waals surface area contributed by atoms with Crippen LogP contribution in [0.15, 0.2) is 42.6 Å². The molecule has 1 atom stereocenters. The van der Waals surface area contributed by atoms with Crippen LogP contribution in [0.25, 0.3) is 16.6 Å². The van der Waals surface area contributed by atoms with Crippen LogP contribution in [0.1, 0.15) is 46.2 Å². The third-order valence-electron chi connectivity index (χ3n) is 6.28. The fraction of sp³-hybridized carbons (Fsp3) is 0.348. The molecule has 4 aromatic rings. The van der Waals surface area contributed by atoms with Gasteiger partial charge in [-0.05, 0) is 51.0 Å². The molecule has 3 aromatic heterocycles. The molecule has 0 spiro atoms. The Balaban J connectivity index is 1.50. The van der Waals surface area contributed by atoms with Crippen molar-refractivity contribution in [3.63, 3.8) is 0 Å². The van der Waals surface area contributed by atoms with Crippen LogP contribution in [-0.4, -0.2) is 43.1 Å². The third kappa shape index (κ3) is 2.82. The van der Waals surface area contributed by atoms with Crippen molar-refractivity contribution in [1.82, 2.24) is 24.1 Å².